The third-order valence-corrected chi connectivity index (χ3v) is 16.6. The average molecular weight is 877 g/mol. The number of hydrogen-bond acceptors (Lipinski definition) is 5. The molecule has 0 spiro atoms. The van der Waals surface area contributed by atoms with Gasteiger partial charge in [0.05, 0.1) is 12.1 Å². The van der Waals surface area contributed by atoms with E-state index in [4.69, 9.17) is 4.74 Å². The largest absolute Gasteiger partial charge is 0.457 e. The minimum atomic E-state index is -0.0791. The predicted octanol–water partition coefficient (Wildman–Crippen LogP) is 12.7. The Bertz CT molecular complexity index is 2010. The van der Waals surface area contributed by atoms with Crippen molar-refractivity contribution < 1.29 is 14.3 Å². The van der Waals surface area contributed by atoms with Crippen molar-refractivity contribution >= 4 is 12.1 Å². The van der Waals surface area contributed by atoms with Gasteiger partial charge in [-0.05, 0) is 185 Å². The second-order valence-electron chi connectivity index (χ2n) is 20.4. The molecule has 4 fully saturated rings. The lowest BCUT2D eigenvalue weighted by molar-refractivity contribution is 0.185. The fraction of sp³-hybridized carbons (Fsp3) is 0.536. The number of nitrogens with zero attached hydrogens (tertiary/aromatic N) is 2. The molecule has 65 heavy (non-hydrogen) atoms. The monoisotopic (exact) mass is 877 g/mol. The summed E-state index contributed by atoms with van der Waals surface area (Å²) in [6.45, 7) is 6.61. The third kappa shape index (κ3) is 9.69. The molecule has 9 heteroatoms. The number of benzene rings is 4. The smallest absolute Gasteiger partial charge is 0.315 e. The van der Waals surface area contributed by atoms with Crippen LogP contribution in [-0.4, -0.2) is 47.0 Å². The molecule has 6 atom stereocenters. The molecule has 344 valence electrons. The molecule has 4 N–H and O–H groups in total. The lowest BCUT2D eigenvalue weighted by Crippen LogP contribution is -2.44. The fourth-order valence-electron chi connectivity index (χ4n) is 13.1. The van der Waals surface area contributed by atoms with Crippen LogP contribution in [0.3, 0.4) is 0 Å². The predicted molar refractivity (Wildman–Crippen MR) is 259 cm³/mol. The van der Waals surface area contributed by atoms with Crippen molar-refractivity contribution in [3.63, 3.8) is 0 Å². The maximum Gasteiger partial charge on any atom is 0.315 e. The molecule has 2 unspecified atom stereocenters. The van der Waals surface area contributed by atoms with Gasteiger partial charge in [-0.3, -0.25) is 9.80 Å². The van der Waals surface area contributed by atoms with Gasteiger partial charge in [0.2, 0.25) is 0 Å². The summed E-state index contributed by atoms with van der Waals surface area (Å²) < 4.78 is 6.24. The second kappa shape index (κ2) is 19.9. The molecule has 2 saturated heterocycles. The topological polar surface area (TPSA) is 98.0 Å². The highest BCUT2D eigenvalue weighted by Gasteiger charge is 2.44. The van der Waals surface area contributed by atoms with Gasteiger partial charge >= 0.3 is 12.1 Å². The summed E-state index contributed by atoms with van der Waals surface area (Å²) in [5, 5.41) is 13.1. The zero-order valence-electron chi connectivity index (χ0n) is 38.9. The fourth-order valence-corrected chi connectivity index (χ4v) is 13.1. The summed E-state index contributed by atoms with van der Waals surface area (Å²) in [6, 6.07) is 36.9. The Morgan fingerprint density at radius 1 is 0.492 bits per heavy atom. The van der Waals surface area contributed by atoms with Crippen LogP contribution < -0.4 is 26.0 Å². The quantitative estimate of drug-likeness (QED) is 0.0899. The lowest BCUT2D eigenvalue weighted by Gasteiger charge is -2.31. The molecule has 6 aliphatic rings. The molecule has 2 aliphatic carbocycles. The molecule has 4 aromatic carbocycles. The summed E-state index contributed by atoms with van der Waals surface area (Å²) in [7, 11) is 0. The van der Waals surface area contributed by atoms with Gasteiger partial charge in [-0.25, -0.2) is 9.59 Å². The molecule has 0 radical (unpaired) electrons. The van der Waals surface area contributed by atoms with Crippen molar-refractivity contribution in [2.45, 2.75) is 165 Å². The van der Waals surface area contributed by atoms with Crippen LogP contribution in [0.15, 0.2) is 97.1 Å². The molecule has 4 bridgehead atoms. The van der Waals surface area contributed by atoms with Gasteiger partial charge in [0, 0.05) is 36.3 Å². The van der Waals surface area contributed by atoms with Gasteiger partial charge in [0.1, 0.15) is 11.5 Å². The number of urea groups is 2. The Hall–Kier alpha value is -4.86. The molecular weight excluding hydrogens is 805 g/mol. The van der Waals surface area contributed by atoms with Gasteiger partial charge in [-0.1, -0.05) is 86.6 Å². The van der Waals surface area contributed by atoms with Gasteiger partial charge < -0.3 is 26.0 Å². The van der Waals surface area contributed by atoms with Crippen LogP contribution in [0.5, 0.6) is 11.5 Å². The van der Waals surface area contributed by atoms with Crippen molar-refractivity contribution in [2.24, 2.45) is 11.8 Å². The molecule has 2 saturated carbocycles. The van der Waals surface area contributed by atoms with Crippen molar-refractivity contribution in [1.82, 2.24) is 31.1 Å². The van der Waals surface area contributed by atoms with Crippen LogP contribution in [0.1, 0.15) is 186 Å². The normalized spacial score (nSPS) is 27.7. The first-order chi connectivity index (χ1) is 31.9. The zero-order chi connectivity index (χ0) is 44.3. The van der Waals surface area contributed by atoms with Crippen LogP contribution in [0, 0.1) is 11.8 Å². The van der Waals surface area contributed by atoms with E-state index < -0.39 is 0 Å². The Morgan fingerprint density at radius 2 is 0.831 bits per heavy atom. The summed E-state index contributed by atoms with van der Waals surface area (Å²) in [6.07, 6.45) is 18.3. The van der Waals surface area contributed by atoms with Crippen LogP contribution in [0.25, 0.3) is 0 Å². The minimum Gasteiger partial charge on any atom is -0.457 e. The van der Waals surface area contributed by atoms with E-state index in [9.17, 15) is 9.59 Å². The highest BCUT2D eigenvalue weighted by atomic mass is 16.5. The SMILES string of the molecule is CCC(NC(=O)NC1CCC(CCN2[C@@H]3CC[C@H]2c2ccccc23)CC1)c1ccc(Oc2ccc(C(CC)NC(=O)NC3CCC(CCN4[C@@H]5CC[C@H]4c4ccccc45)CC3)cc2)cc1. The van der Waals surface area contributed by atoms with Crippen LogP contribution >= 0.6 is 0 Å². The highest BCUT2D eigenvalue weighted by Crippen LogP contribution is 2.54. The summed E-state index contributed by atoms with van der Waals surface area (Å²) in [5.41, 5.74) is 8.40. The van der Waals surface area contributed by atoms with E-state index >= 15 is 0 Å². The van der Waals surface area contributed by atoms with Crippen molar-refractivity contribution in [1.29, 1.82) is 0 Å². The molecule has 9 nitrogen and oxygen atoms in total. The number of hydrogen-bond donors (Lipinski definition) is 4. The van der Waals surface area contributed by atoms with Crippen LogP contribution in [-0.2, 0) is 0 Å². The van der Waals surface area contributed by atoms with E-state index in [0.717, 1.165) is 73.0 Å². The molecule has 4 aromatic rings. The van der Waals surface area contributed by atoms with E-state index in [-0.39, 0.29) is 36.2 Å². The van der Waals surface area contributed by atoms with Crippen molar-refractivity contribution in [2.75, 3.05) is 13.1 Å². The number of rotatable bonds is 16. The minimum absolute atomic E-state index is 0.0752. The van der Waals surface area contributed by atoms with E-state index in [0.29, 0.717) is 24.2 Å². The summed E-state index contributed by atoms with van der Waals surface area (Å²) >= 11 is 0. The number of nitrogens with one attached hydrogen (secondary N) is 4. The van der Waals surface area contributed by atoms with E-state index in [1.54, 1.807) is 22.3 Å². The molecule has 4 heterocycles. The molecular formula is C56H72N6O3. The van der Waals surface area contributed by atoms with E-state index in [1.165, 1.54) is 77.3 Å². The van der Waals surface area contributed by atoms with Gasteiger partial charge in [-0.2, -0.15) is 0 Å². The van der Waals surface area contributed by atoms with E-state index in [1.807, 2.05) is 48.5 Å². The number of carbonyl (C=O) groups excluding carboxylic acids is 2. The second-order valence-corrected chi connectivity index (χ2v) is 20.4. The average Bonchev–Trinajstić information content (AvgIpc) is 4.11. The van der Waals surface area contributed by atoms with Crippen LogP contribution in [0.4, 0.5) is 9.59 Å². The first-order valence-corrected chi connectivity index (χ1v) is 25.6. The first kappa shape index (κ1) is 44.0. The number of carbonyl (C=O) groups is 2. The lowest BCUT2D eigenvalue weighted by atomic mass is 9.84. The Morgan fingerprint density at radius 3 is 1.15 bits per heavy atom. The molecule has 0 aromatic heterocycles. The zero-order valence-corrected chi connectivity index (χ0v) is 38.9. The standard InChI is InChI=1S/C56H72N6O3/c1-3-49(59-55(63)57-41-21-13-37(14-22-41)33-35-61-51-29-30-52(61)46-10-6-5-9-45(46)51)39-17-25-43(26-18-39)65-44-27-19-40(20-28-44)50(4-2)60-56(64)58-42-23-15-38(16-24-42)34-36-62-53-31-32-54(62)48-12-8-7-11-47(48)53/h5-12,17-20,25-28,37-38,41-42,49-54H,3-4,13-16,21-24,29-36H2,1-2H3,(H2,57,59,63)(H2,58,60,64)/t37?,38?,41?,42?,49?,50?,51-,52+,53-,54+. The molecule has 10 rings (SSSR count). The van der Waals surface area contributed by atoms with Crippen molar-refractivity contribution in [3.05, 3.63) is 130 Å². The summed E-state index contributed by atoms with van der Waals surface area (Å²) in [4.78, 5) is 32.0. The highest BCUT2D eigenvalue weighted by molar-refractivity contribution is 5.75. The molecule has 4 aliphatic heterocycles. The third-order valence-electron chi connectivity index (χ3n) is 16.6. The Kier molecular flexibility index (Phi) is 13.5. The van der Waals surface area contributed by atoms with Crippen LogP contribution in [0.2, 0.25) is 0 Å². The Labute approximate surface area is 387 Å². The number of ether oxygens (including phenoxy) is 1. The maximum absolute atomic E-state index is 13.2. The molecule has 4 amide bonds. The Balaban J connectivity index is 0.619. The van der Waals surface area contributed by atoms with Gasteiger partial charge in [0.25, 0.3) is 0 Å². The van der Waals surface area contributed by atoms with Gasteiger partial charge in [-0.15, -0.1) is 0 Å². The van der Waals surface area contributed by atoms with Crippen molar-refractivity contribution in [3.8, 4) is 11.5 Å². The maximum atomic E-state index is 13.2. The first-order valence-electron chi connectivity index (χ1n) is 25.6. The number of fused-ring (bicyclic) bond motifs is 10. The van der Waals surface area contributed by atoms with E-state index in [2.05, 4.69) is 93.4 Å². The number of amides is 4. The summed E-state index contributed by atoms with van der Waals surface area (Å²) in [5.74, 6) is 2.98. The van der Waals surface area contributed by atoms with Gasteiger partial charge in [0.15, 0.2) is 0 Å².